The smallest absolute Gasteiger partial charge is 0.192 e. The average molecular weight is 683 g/mol. The van der Waals surface area contributed by atoms with E-state index < -0.39 is 23.4 Å². The second-order valence-electron chi connectivity index (χ2n) is 17.3. The van der Waals surface area contributed by atoms with Gasteiger partial charge in [-0.15, -0.1) is 0 Å². The molecule has 4 rings (SSSR count). The Balaban J connectivity index is 1.55. The zero-order valence-electron chi connectivity index (χ0n) is 31.0. The summed E-state index contributed by atoms with van der Waals surface area (Å²) >= 11 is 0. The Kier molecular flexibility index (Phi) is 12.3. The Bertz CT molecular complexity index is 1220. The van der Waals surface area contributed by atoms with Gasteiger partial charge in [-0.2, -0.15) is 0 Å². The highest BCUT2D eigenvalue weighted by Gasteiger charge is 2.52. The van der Waals surface area contributed by atoms with Gasteiger partial charge < -0.3 is 23.4 Å². The molecule has 0 aromatic heterocycles. The maximum absolute atomic E-state index is 14.0. The first-order valence-electron chi connectivity index (χ1n) is 17.9. The number of ether oxygens (including phenoxy) is 4. The Morgan fingerprint density at radius 2 is 1.74 bits per heavy atom. The molecule has 1 aliphatic heterocycles. The molecule has 3 aliphatic carbocycles. The molecular formula is C37H66O7SSi. The zero-order chi connectivity index (χ0) is 34.1. The fourth-order valence-electron chi connectivity index (χ4n) is 9.01. The predicted octanol–water partition coefficient (Wildman–Crippen LogP) is 8.60. The normalized spacial score (nSPS) is 33.4. The molecular weight excluding hydrogens is 617 g/mol. The van der Waals surface area contributed by atoms with Crippen LogP contribution in [-0.2, 0) is 33.2 Å². The third-order valence-electron chi connectivity index (χ3n) is 12.6. The van der Waals surface area contributed by atoms with Crippen molar-refractivity contribution >= 4 is 18.2 Å². The molecule has 0 amide bonds. The van der Waals surface area contributed by atoms with E-state index in [1.54, 1.807) is 14.2 Å². The van der Waals surface area contributed by atoms with Crippen LogP contribution in [-0.4, -0.2) is 73.4 Å². The summed E-state index contributed by atoms with van der Waals surface area (Å²) in [7, 11) is -2.14. The van der Waals surface area contributed by atoms with E-state index in [-0.39, 0.29) is 40.8 Å². The number of rotatable bonds is 14. The second kappa shape index (κ2) is 14.7. The van der Waals surface area contributed by atoms with Crippen molar-refractivity contribution < 1.29 is 31.8 Å². The molecule has 0 aromatic rings. The lowest BCUT2D eigenvalue weighted by Crippen LogP contribution is -2.46. The molecule has 7 atom stereocenters. The van der Waals surface area contributed by atoms with E-state index in [1.807, 2.05) is 0 Å². The second-order valence-corrected chi connectivity index (χ2v) is 24.2. The fraction of sp³-hybridized carbons (Fsp3) is 0.892. The molecule has 0 N–H and O–H groups in total. The summed E-state index contributed by atoms with van der Waals surface area (Å²) in [6, 6.07) is 0. The van der Waals surface area contributed by atoms with Crippen LogP contribution < -0.4 is 0 Å². The molecule has 266 valence electrons. The molecule has 46 heavy (non-hydrogen) atoms. The van der Waals surface area contributed by atoms with Gasteiger partial charge in [-0.05, 0) is 111 Å². The van der Waals surface area contributed by atoms with Crippen molar-refractivity contribution in [2.75, 3.05) is 33.6 Å². The van der Waals surface area contributed by atoms with Gasteiger partial charge in [0.2, 0.25) is 0 Å². The minimum atomic E-state index is -3.37. The van der Waals surface area contributed by atoms with Crippen molar-refractivity contribution in [3.8, 4) is 0 Å². The maximum Gasteiger partial charge on any atom is 0.192 e. The number of sulfone groups is 1. The Hall–Kier alpha value is -0.553. The molecule has 2 fully saturated rings. The van der Waals surface area contributed by atoms with Crippen LogP contribution >= 0.6 is 0 Å². The van der Waals surface area contributed by atoms with Crippen molar-refractivity contribution in [1.82, 2.24) is 0 Å². The number of methoxy groups -OCH3 is 2. The van der Waals surface area contributed by atoms with Gasteiger partial charge in [0, 0.05) is 20.6 Å². The summed E-state index contributed by atoms with van der Waals surface area (Å²) in [5.41, 5.74) is 3.43. The number of allylic oxidation sites excluding steroid dienone is 1. The average Bonchev–Trinajstić information content (AvgIpc) is 3.43. The first-order valence-corrected chi connectivity index (χ1v) is 22.5. The molecule has 0 radical (unpaired) electrons. The van der Waals surface area contributed by atoms with Gasteiger partial charge in [0.1, 0.15) is 18.8 Å². The van der Waals surface area contributed by atoms with Crippen LogP contribution in [0.25, 0.3) is 0 Å². The zero-order valence-corrected chi connectivity index (χ0v) is 32.8. The van der Waals surface area contributed by atoms with Crippen LogP contribution in [0.15, 0.2) is 22.8 Å². The lowest BCUT2D eigenvalue weighted by molar-refractivity contribution is -0.118. The summed E-state index contributed by atoms with van der Waals surface area (Å²) in [5.74, 6) is 1.83. The quantitative estimate of drug-likeness (QED) is 0.103. The van der Waals surface area contributed by atoms with E-state index in [0.29, 0.717) is 37.4 Å². The Morgan fingerprint density at radius 1 is 1.04 bits per heavy atom. The number of hydrogen-bond acceptors (Lipinski definition) is 7. The summed E-state index contributed by atoms with van der Waals surface area (Å²) in [5, 5.41) is -0.491. The molecule has 0 spiro atoms. The van der Waals surface area contributed by atoms with E-state index in [4.69, 9.17) is 23.4 Å². The molecule has 0 aromatic carbocycles. The molecule has 0 saturated heterocycles. The monoisotopic (exact) mass is 682 g/mol. The molecule has 7 nitrogen and oxygen atoms in total. The van der Waals surface area contributed by atoms with Gasteiger partial charge in [-0.1, -0.05) is 59.1 Å². The van der Waals surface area contributed by atoms with Crippen LogP contribution in [0.2, 0.25) is 18.1 Å². The van der Waals surface area contributed by atoms with E-state index in [1.165, 1.54) is 24.8 Å². The summed E-state index contributed by atoms with van der Waals surface area (Å²) < 4.78 is 57.3. The number of fused-ring (bicyclic) bond motifs is 1. The maximum atomic E-state index is 14.0. The van der Waals surface area contributed by atoms with Crippen LogP contribution in [0.3, 0.4) is 0 Å². The SMILES string of the molecule is COCO[C@H]1C[C@H](O[Si](C)(C)C(C)(C)C)CC2=C1CS(=O)(=O)[C@@H]2/C=C1\CCC[C@]2(C)[C@@H]([C@H](C)CCCC(C)(C)OCOC)CC[C@@H]12. The van der Waals surface area contributed by atoms with Gasteiger partial charge in [0.25, 0.3) is 0 Å². The first kappa shape index (κ1) is 38.3. The van der Waals surface area contributed by atoms with Gasteiger partial charge in [-0.25, -0.2) is 8.42 Å². The van der Waals surface area contributed by atoms with Crippen LogP contribution in [0, 0.1) is 23.2 Å². The summed E-state index contributed by atoms with van der Waals surface area (Å²) in [4.78, 5) is 0. The van der Waals surface area contributed by atoms with Crippen LogP contribution in [0.1, 0.15) is 113 Å². The molecule has 4 aliphatic rings. The van der Waals surface area contributed by atoms with Crippen molar-refractivity contribution in [1.29, 1.82) is 0 Å². The fourth-order valence-corrected chi connectivity index (χ4v) is 12.4. The molecule has 2 saturated carbocycles. The Labute approximate surface area is 282 Å². The topological polar surface area (TPSA) is 80.3 Å². The largest absolute Gasteiger partial charge is 0.414 e. The van der Waals surface area contributed by atoms with Gasteiger partial charge in [-0.3, -0.25) is 0 Å². The molecule has 1 heterocycles. The van der Waals surface area contributed by atoms with Gasteiger partial charge >= 0.3 is 0 Å². The molecule has 9 heteroatoms. The van der Waals surface area contributed by atoms with Crippen molar-refractivity contribution in [2.24, 2.45) is 23.2 Å². The lowest BCUT2D eigenvalue weighted by atomic mass is 9.60. The first-order chi connectivity index (χ1) is 21.3. The minimum absolute atomic E-state index is 0.0473. The van der Waals surface area contributed by atoms with Gasteiger partial charge in [0.05, 0.1) is 23.6 Å². The lowest BCUT2D eigenvalue weighted by Gasteiger charge is -2.45. The van der Waals surface area contributed by atoms with Crippen LogP contribution in [0.5, 0.6) is 0 Å². The minimum Gasteiger partial charge on any atom is -0.414 e. The standard InChI is InChI=1S/C37H66O7SSi/c1-26(14-12-18-36(5,6)43-25-41-9)31-16-17-32-27(15-13-19-37(31,32)7)20-34-29-21-28(44-46(10,11)35(2,3)4)22-33(42-24-40-8)30(29)23-45(34,38)39/h20,26,28,31-34H,12-19,21-25H2,1-11H3/b27-20+/t26-,28-,31-,32+,33+,34-,37-/m1/s1. The third-order valence-corrected chi connectivity index (χ3v) is 19.0. The molecule has 0 bridgehead atoms. The summed E-state index contributed by atoms with van der Waals surface area (Å²) in [6.07, 6.45) is 12.4. The van der Waals surface area contributed by atoms with Crippen molar-refractivity contribution in [3.05, 3.63) is 22.8 Å². The highest BCUT2D eigenvalue weighted by Crippen LogP contribution is 2.60. The van der Waals surface area contributed by atoms with Crippen molar-refractivity contribution in [2.45, 2.75) is 154 Å². The third kappa shape index (κ3) is 8.42. The number of hydrogen-bond donors (Lipinski definition) is 0. The highest BCUT2D eigenvalue weighted by molar-refractivity contribution is 7.92. The van der Waals surface area contributed by atoms with Gasteiger partial charge in [0.15, 0.2) is 18.2 Å². The summed E-state index contributed by atoms with van der Waals surface area (Å²) in [6.45, 7) is 21.1. The predicted molar refractivity (Wildman–Crippen MR) is 189 cm³/mol. The van der Waals surface area contributed by atoms with Crippen LogP contribution in [0.4, 0.5) is 0 Å². The van der Waals surface area contributed by atoms with E-state index >= 15 is 0 Å². The Morgan fingerprint density at radius 3 is 2.39 bits per heavy atom. The van der Waals surface area contributed by atoms with E-state index in [9.17, 15) is 8.42 Å². The molecule has 0 unspecified atom stereocenters. The van der Waals surface area contributed by atoms with E-state index in [2.05, 4.69) is 67.6 Å². The van der Waals surface area contributed by atoms with E-state index in [0.717, 1.165) is 43.3 Å². The highest BCUT2D eigenvalue weighted by atomic mass is 32.2. The van der Waals surface area contributed by atoms with Crippen molar-refractivity contribution in [3.63, 3.8) is 0 Å².